The Kier molecular flexibility index (Phi) is 3.31. The van der Waals surface area contributed by atoms with E-state index in [0.29, 0.717) is 18.9 Å². The van der Waals surface area contributed by atoms with E-state index in [1.807, 2.05) is 36.4 Å². The Hall–Kier alpha value is -2.12. The minimum Gasteiger partial charge on any atom is -0.355 e. The van der Waals surface area contributed by atoms with Gasteiger partial charge in [0.25, 0.3) is 0 Å². The fourth-order valence-electron chi connectivity index (χ4n) is 1.32. The molecule has 0 aliphatic carbocycles. The molecule has 0 saturated heterocycles. The summed E-state index contributed by atoms with van der Waals surface area (Å²) in [7, 11) is 0. The molecule has 16 heavy (non-hydrogen) atoms. The van der Waals surface area contributed by atoms with Crippen molar-refractivity contribution in [3.05, 3.63) is 53.9 Å². The summed E-state index contributed by atoms with van der Waals surface area (Å²) in [4.78, 5) is 0. The summed E-state index contributed by atoms with van der Waals surface area (Å²) in [5.74, 6) is 0. The summed E-state index contributed by atoms with van der Waals surface area (Å²) >= 11 is 0. The van der Waals surface area contributed by atoms with Crippen molar-refractivity contribution < 1.29 is 4.74 Å². The Bertz CT molecular complexity index is 484. The molecule has 2 aromatic rings. The van der Waals surface area contributed by atoms with Crippen LogP contribution in [0.1, 0.15) is 11.1 Å². The minimum atomic E-state index is 0.358. The van der Waals surface area contributed by atoms with Gasteiger partial charge < -0.3 is 4.74 Å². The smallest absolute Gasteiger partial charge is 0.139 e. The van der Waals surface area contributed by atoms with Crippen LogP contribution in [0.3, 0.4) is 0 Å². The van der Waals surface area contributed by atoms with Crippen LogP contribution < -0.4 is 0 Å². The normalized spacial score (nSPS) is 9.94. The Balaban J connectivity index is 1.83. The number of hydrogen-bond acceptors (Lipinski definition) is 3. The van der Waals surface area contributed by atoms with Gasteiger partial charge in [-0.2, -0.15) is 10.4 Å². The predicted molar refractivity (Wildman–Crippen MR) is 58.2 cm³/mol. The summed E-state index contributed by atoms with van der Waals surface area (Å²) in [6.45, 7) is 0.902. The molecule has 0 aliphatic rings. The molecule has 4 heteroatoms. The highest BCUT2D eigenvalue weighted by atomic mass is 16.5. The van der Waals surface area contributed by atoms with Gasteiger partial charge in [-0.3, -0.25) is 0 Å². The Morgan fingerprint density at radius 2 is 2.12 bits per heavy atom. The monoisotopic (exact) mass is 213 g/mol. The third-order valence-corrected chi connectivity index (χ3v) is 2.10. The molecule has 0 radical (unpaired) electrons. The van der Waals surface area contributed by atoms with E-state index >= 15 is 0 Å². The van der Waals surface area contributed by atoms with Crippen LogP contribution in [0.25, 0.3) is 0 Å². The number of nitrogens with zero attached hydrogens (tertiary/aromatic N) is 3. The second kappa shape index (κ2) is 5.10. The van der Waals surface area contributed by atoms with E-state index in [1.54, 1.807) is 10.9 Å². The molecule has 0 bridgehead atoms. The van der Waals surface area contributed by atoms with Crippen LogP contribution in [0, 0.1) is 11.3 Å². The van der Waals surface area contributed by atoms with E-state index in [0.717, 1.165) is 5.56 Å². The molecule has 0 amide bonds. The summed E-state index contributed by atoms with van der Waals surface area (Å²) in [5.41, 5.74) is 1.67. The van der Waals surface area contributed by atoms with Crippen molar-refractivity contribution in [1.82, 2.24) is 9.78 Å². The summed E-state index contributed by atoms with van der Waals surface area (Å²) in [6.07, 6.45) is 3.18. The summed E-state index contributed by atoms with van der Waals surface area (Å²) in [6, 6.07) is 11.9. The van der Waals surface area contributed by atoms with Gasteiger partial charge in [-0.25, -0.2) is 4.68 Å². The zero-order valence-corrected chi connectivity index (χ0v) is 8.71. The van der Waals surface area contributed by atoms with Crippen molar-refractivity contribution >= 4 is 0 Å². The molecule has 1 aromatic carbocycles. The van der Waals surface area contributed by atoms with Crippen LogP contribution in [0.5, 0.6) is 0 Å². The standard InChI is InChI=1S/C12H11N3O/c13-6-12-7-14-15(8-12)10-16-9-11-4-2-1-3-5-11/h1-5,7-8H,9-10H2. The van der Waals surface area contributed by atoms with Crippen LogP contribution in [-0.4, -0.2) is 9.78 Å². The molecule has 0 spiro atoms. The molecule has 0 saturated carbocycles. The number of benzene rings is 1. The van der Waals surface area contributed by atoms with Crippen molar-refractivity contribution in [1.29, 1.82) is 5.26 Å². The van der Waals surface area contributed by atoms with Crippen molar-refractivity contribution in [2.24, 2.45) is 0 Å². The Labute approximate surface area is 93.7 Å². The van der Waals surface area contributed by atoms with E-state index in [4.69, 9.17) is 10.00 Å². The highest BCUT2D eigenvalue weighted by Crippen LogP contribution is 2.02. The van der Waals surface area contributed by atoms with Gasteiger partial charge in [-0.05, 0) is 5.56 Å². The maximum Gasteiger partial charge on any atom is 0.139 e. The lowest BCUT2D eigenvalue weighted by Crippen LogP contribution is -2.02. The average Bonchev–Trinajstić information content (AvgIpc) is 2.78. The number of ether oxygens (including phenoxy) is 1. The van der Waals surface area contributed by atoms with Crippen molar-refractivity contribution in [3.8, 4) is 6.07 Å². The fourth-order valence-corrected chi connectivity index (χ4v) is 1.32. The van der Waals surface area contributed by atoms with E-state index < -0.39 is 0 Å². The lowest BCUT2D eigenvalue weighted by atomic mass is 10.2. The van der Waals surface area contributed by atoms with Crippen molar-refractivity contribution in [3.63, 3.8) is 0 Å². The first-order valence-corrected chi connectivity index (χ1v) is 4.93. The van der Waals surface area contributed by atoms with Crippen LogP contribution >= 0.6 is 0 Å². The molecular weight excluding hydrogens is 202 g/mol. The molecule has 4 nitrogen and oxygen atoms in total. The fraction of sp³-hybridized carbons (Fsp3) is 0.167. The third kappa shape index (κ3) is 2.69. The molecule has 2 rings (SSSR count). The van der Waals surface area contributed by atoms with E-state index in [9.17, 15) is 0 Å². The van der Waals surface area contributed by atoms with Gasteiger partial charge in [0.1, 0.15) is 12.8 Å². The number of hydrogen-bond donors (Lipinski definition) is 0. The largest absolute Gasteiger partial charge is 0.355 e. The SMILES string of the molecule is N#Cc1cnn(COCc2ccccc2)c1. The molecular formula is C12H11N3O. The molecule has 1 heterocycles. The molecule has 80 valence electrons. The van der Waals surface area contributed by atoms with E-state index in [2.05, 4.69) is 5.10 Å². The van der Waals surface area contributed by atoms with Crippen LogP contribution in [0.2, 0.25) is 0 Å². The van der Waals surface area contributed by atoms with Gasteiger partial charge in [-0.1, -0.05) is 30.3 Å². The third-order valence-electron chi connectivity index (χ3n) is 2.10. The first kappa shape index (κ1) is 10.4. The van der Waals surface area contributed by atoms with Gasteiger partial charge in [0.15, 0.2) is 0 Å². The topological polar surface area (TPSA) is 50.8 Å². The molecule has 0 N–H and O–H groups in total. The summed E-state index contributed by atoms with van der Waals surface area (Å²) in [5, 5.41) is 12.6. The molecule has 0 aliphatic heterocycles. The Morgan fingerprint density at radius 3 is 2.81 bits per heavy atom. The van der Waals surface area contributed by atoms with Crippen molar-refractivity contribution in [2.75, 3.05) is 0 Å². The summed E-state index contributed by atoms with van der Waals surface area (Å²) < 4.78 is 7.05. The second-order valence-electron chi connectivity index (χ2n) is 3.34. The quantitative estimate of drug-likeness (QED) is 0.779. The predicted octanol–water partition coefficient (Wildman–Crippen LogP) is 1.93. The van der Waals surface area contributed by atoms with Gasteiger partial charge in [0, 0.05) is 6.20 Å². The lowest BCUT2D eigenvalue weighted by Gasteiger charge is -2.03. The van der Waals surface area contributed by atoms with Gasteiger partial charge in [0.2, 0.25) is 0 Å². The lowest BCUT2D eigenvalue weighted by molar-refractivity contribution is 0.0561. The van der Waals surface area contributed by atoms with Crippen LogP contribution in [0.4, 0.5) is 0 Å². The highest BCUT2D eigenvalue weighted by molar-refractivity contribution is 5.21. The number of nitriles is 1. The first-order chi connectivity index (χ1) is 7.88. The number of rotatable bonds is 4. The zero-order valence-electron chi connectivity index (χ0n) is 8.71. The minimum absolute atomic E-state index is 0.358. The second-order valence-corrected chi connectivity index (χ2v) is 3.34. The average molecular weight is 213 g/mol. The van der Waals surface area contributed by atoms with E-state index in [-0.39, 0.29) is 0 Å². The molecule has 1 aromatic heterocycles. The van der Waals surface area contributed by atoms with Gasteiger partial charge in [0.05, 0.1) is 18.4 Å². The van der Waals surface area contributed by atoms with E-state index in [1.165, 1.54) is 6.20 Å². The Morgan fingerprint density at radius 1 is 1.31 bits per heavy atom. The van der Waals surface area contributed by atoms with Crippen LogP contribution in [-0.2, 0) is 18.1 Å². The maximum absolute atomic E-state index is 8.61. The van der Waals surface area contributed by atoms with Crippen LogP contribution in [0.15, 0.2) is 42.7 Å². The van der Waals surface area contributed by atoms with Gasteiger partial charge in [-0.15, -0.1) is 0 Å². The number of aromatic nitrogens is 2. The van der Waals surface area contributed by atoms with Gasteiger partial charge >= 0.3 is 0 Å². The maximum atomic E-state index is 8.61. The zero-order chi connectivity index (χ0) is 11.2. The first-order valence-electron chi connectivity index (χ1n) is 4.93. The van der Waals surface area contributed by atoms with Crippen molar-refractivity contribution in [2.45, 2.75) is 13.3 Å². The molecule has 0 fully saturated rings. The molecule has 0 atom stereocenters. The highest BCUT2D eigenvalue weighted by Gasteiger charge is 1.97. The molecule has 0 unspecified atom stereocenters.